The summed E-state index contributed by atoms with van der Waals surface area (Å²) in [5.74, 6) is -1.65. The van der Waals surface area contributed by atoms with Crippen LogP contribution >= 0.6 is 15.9 Å². The average molecular weight is 333 g/mol. The fourth-order valence-electron chi connectivity index (χ4n) is 1.29. The number of nitrogens with one attached hydrogen (secondary N) is 2. The Morgan fingerprint density at radius 3 is 2.79 bits per heavy atom. The van der Waals surface area contributed by atoms with Crippen molar-refractivity contribution in [2.45, 2.75) is 0 Å². The highest BCUT2D eigenvalue weighted by Gasteiger charge is 2.14. The van der Waals surface area contributed by atoms with E-state index in [1.54, 1.807) is 6.07 Å². The first kappa shape index (κ1) is 15.6. The van der Waals surface area contributed by atoms with Gasteiger partial charge in [-0.25, -0.2) is 4.39 Å². The molecular formula is C12H14BrFN2O3. The molecule has 0 aliphatic rings. The van der Waals surface area contributed by atoms with Crippen molar-refractivity contribution in [3.05, 3.63) is 34.1 Å². The zero-order valence-electron chi connectivity index (χ0n) is 10.3. The molecule has 5 nitrogen and oxygen atoms in total. The molecule has 19 heavy (non-hydrogen) atoms. The van der Waals surface area contributed by atoms with Crippen LogP contribution in [0.5, 0.6) is 0 Å². The minimum Gasteiger partial charge on any atom is -0.383 e. The third-order valence-corrected chi connectivity index (χ3v) is 2.85. The Balaban J connectivity index is 2.47. The third-order valence-electron chi connectivity index (χ3n) is 2.23. The standard InChI is InChI=1S/C12H14BrFN2O3/c1-19-6-5-15-10(17)7-16-12(18)8-3-2-4-9(13)11(8)14/h2-4H,5-7H2,1H3,(H,15,17)(H,16,18). The SMILES string of the molecule is COCCNC(=O)CNC(=O)c1cccc(Br)c1F. The van der Waals surface area contributed by atoms with Gasteiger partial charge in [-0.3, -0.25) is 9.59 Å². The van der Waals surface area contributed by atoms with E-state index in [-0.39, 0.29) is 22.5 Å². The van der Waals surface area contributed by atoms with E-state index >= 15 is 0 Å². The summed E-state index contributed by atoms with van der Waals surface area (Å²) in [6.07, 6.45) is 0. The minimum absolute atomic E-state index is 0.112. The third kappa shape index (κ3) is 4.96. The average Bonchev–Trinajstić information content (AvgIpc) is 2.39. The Morgan fingerprint density at radius 1 is 1.37 bits per heavy atom. The number of halogens is 2. The predicted octanol–water partition coefficient (Wildman–Crippen LogP) is 1.08. The number of amides is 2. The zero-order chi connectivity index (χ0) is 14.3. The van der Waals surface area contributed by atoms with Crippen molar-refractivity contribution in [1.29, 1.82) is 0 Å². The van der Waals surface area contributed by atoms with Crippen molar-refractivity contribution in [1.82, 2.24) is 10.6 Å². The smallest absolute Gasteiger partial charge is 0.254 e. The molecule has 0 saturated carbocycles. The number of methoxy groups -OCH3 is 1. The predicted molar refractivity (Wildman–Crippen MR) is 71.3 cm³/mol. The first-order valence-corrected chi connectivity index (χ1v) is 6.33. The van der Waals surface area contributed by atoms with Crippen molar-refractivity contribution in [3.8, 4) is 0 Å². The maximum atomic E-state index is 13.6. The zero-order valence-corrected chi connectivity index (χ0v) is 11.9. The summed E-state index contributed by atoms with van der Waals surface area (Å²) >= 11 is 2.99. The highest BCUT2D eigenvalue weighted by Crippen LogP contribution is 2.18. The van der Waals surface area contributed by atoms with Gasteiger partial charge in [0.2, 0.25) is 5.91 Å². The molecule has 0 aromatic heterocycles. The van der Waals surface area contributed by atoms with E-state index in [4.69, 9.17) is 4.74 Å². The maximum Gasteiger partial charge on any atom is 0.254 e. The van der Waals surface area contributed by atoms with E-state index in [1.807, 2.05) is 0 Å². The van der Waals surface area contributed by atoms with Crippen molar-refractivity contribution >= 4 is 27.7 Å². The molecular weight excluding hydrogens is 319 g/mol. The van der Waals surface area contributed by atoms with Crippen LogP contribution in [0.25, 0.3) is 0 Å². The van der Waals surface area contributed by atoms with Crippen molar-refractivity contribution in [2.24, 2.45) is 0 Å². The van der Waals surface area contributed by atoms with Crippen LogP contribution in [0, 0.1) is 5.82 Å². The van der Waals surface area contributed by atoms with Crippen LogP contribution in [0.3, 0.4) is 0 Å². The summed E-state index contributed by atoms with van der Waals surface area (Å²) in [5, 5.41) is 4.88. The fraction of sp³-hybridized carbons (Fsp3) is 0.333. The first-order chi connectivity index (χ1) is 9.06. The number of benzene rings is 1. The van der Waals surface area contributed by atoms with Gasteiger partial charge in [0.1, 0.15) is 5.82 Å². The highest BCUT2D eigenvalue weighted by atomic mass is 79.9. The molecule has 1 aromatic carbocycles. The van der Waals surface area contributed by atoms with Crippen LogP contribution in [-0.4, -0.2) is 38.6 Å². The van der Waals surface area contributed by atoms with Gasteiger partial charge in [0.25, 0.3) is 5.91 Å². The topological polar surface area (TPSA) is 67.4 Å². The summed E-state index contributed by atoms with van der Waals surface area (Å²) in [6, 6.07) is 4.38. The Labute approximate surface area is 118 Å². The number of hydrogen-bond donors (Lipinski definition) is 2. The number of carbonyl (C=O) groups excluding carboxylic acids is 2. The van der Waals surface area contributed by atoms with Gasteiger partial charge in [-0.2, -0.15) is 0 Å². The summed E-state index contributed by atoms with van der Waals surface area (Å²) in [4.78, 5) is 23.0. The molecule has 0 saturated heterocycles. The molecule has 2 amide bonds. The molecule has 1 aromatic rings. The summed E-state index contributed by atoms with van der Waals surface area (Å²) < 4.78 is 18.6. The maximum absolute atomic E-state index is 13.6. The summed E-state index contributed by atoms with van der Waals surface area (Å²) in [7, 11) is 1.52. The fourth-order valence-corrected chi connectivity index (χ4v) is 1.66. The van der Waals surface area contributed by atoms with E-state index in [0.29, 0.717) is 13.2 Å². The van der Waals surface area contributed by atoms with Crippen LogP contribution in [0.4, 0.5) is 4.39 Å². The lowest BCUT2D eigenvalue weighted by atomic mass is 10.2. The van der Waals surface area contributed by atoms with Crippen LogP contribution in [-0.2, 0) is 9.53 Å². The number of carbonyl (C=O) groups is 2. The van der Waals surface area contributed by atoms with E-state index in [9.17, 15) is 14.0 Å². The van der Waals surface area contributed by atoms with Crippen LogP contribution in [0.2, 0.25) is 0 Å². The van der Waals surface area contributed by atoms with Gasteiger partial charge in [-0.1, -0.05) is 6.07 Å². The largest absolute Gasteiger partial charge is 0.383 e. The van der Waals surface area contributed by atoms with E-state index in [0.717, 1.165) is 0 Å². The molecule has 0 fully saturated rings. The molecule has 0 unspecified atom stereocenters. The van der Waals surface area contributed by atoms with E-state index < -0.39 is 11.7 Å². The van der Waals surface area contributed by atoms with Gasteiger partial charge >= 0.3 is 0 Å². The van der Waals surface area contributed by atoms with E-state index in [1.165, 1.54) is 19.2 Å². The Bertz CT molecular complexity index is 468. The molecule has 0 spiro atoms. The normalized spacial score (nSPS) is 10.1. The second kappa shape index (κ2) is 7.85. The molecule has 7 heteroatoms. The van der Waals surface area contributed by atoms with Crippen LogP contribution in [0.1, 0.15) is 10.4 Å². The second-order valence-corrected chi connectivity index (χ2v) is 4.48. The lowest BCUT2D eigenvalue weighted by Crippen LogP contribution is -2.38. The van der Waals surface area contributed by atoms with Gasteiger partial charge in [0, 0.05) is 13.7 Å². The van der Waals surface area contributed by atoms with Crippen molar-refractivity contribution in [3.63, 3.8) is 0 Å². The molecule has 2 N–H and O–H groups in total. The van der Waals surface area contributed by atoms with Crippen molar-refractivity contribution < 1.29 is 18.7 Å². The number of rotatable bonds is 6. The molecule has 0 heterocycles. The Morgan fingerprint density at radius 2 is 2.11 bits per heavy atom. The summed E-state index contributed by atoms with van der Waals surface area (Å²) in [5.41, 5.74) is -0.112. The highest BCUT2D eigenvalue weighted by molar-refractivity contribution is 9.10. The van der Waals surface area contributed by atoms with Gasteiger partial charge in [-0.05, 0) is 28.1 Å². The van der Waals surface area contributed by atoms with Gasteiger partial charge in [0.15, 0.2) is 0 Å². The van der Waals surface area contributed by atoms with Crippen LogP contribution in [0.15, 0.2) is 22.7 Å². The molecule has 0 atom stereocenters. The molecule has 0 aliphatic heterocycles. The minimum atomic E-state index is -0.653. The molecule has 1 rings (SSSR count). The van der Waals surface area contributed by atoms with Gasteiger partial charge in [-0.15, -0.1) is 0 Å². The van der Waals surface area contributed by atoms with Crippen molar-refractivity contribution in [2.75, 3.05) is 26.8 Å². The molecule has 0 bridgehead atoms. The Hall–Kier alpha value is -1.47. The monoisotopic (exact) mass is 332 g/mol. The van der Waals surface area contributed by atoms with E-state index in [2.05, 4.69) is 26.6 Å². The second-order valence-electron chi connectivity index (χ2n) is 3.63. The summed E-state index contributed by atoms with van der Waals surface area (Å²) in [6.45, 7) is 0.533. The van der Waals surface area contributed by atoms with Gasteiger partial charge < -0.3 is 15.4 Å². The number of hydrogen-bond acceptors (Lipinski definition) is 3. The van der Waals surface area contributed by atoms with Crippen LogP contribution < -0.4 is 10.6 Å². The lowest BCUT2D eigenvalue weighted by Gasteiger charge is -2.07. The first-order valence-electron chi connectivity index (χ1n) is 5.54. The lowest BCUT2D eigenvalue weighted by molar-refractivity contribution is -0.120. The molecule has 104 valence electrons. The molecule has 0 radical (unpaired) electrons. The number of ether oxygens (including phenoxy) is 1. The van der Waals surface area contributed by atoms with Gasteiger partial charge in [0.05, 0.1) is 23.2 Å². The molecule has 0 aliphatic carbocycles. The quantitative estimate of drug-likeness (QED) is 0.766. The Kier molecular flexibility index (Phi) is 6.44.